The molecule has 4 heteroatoms. The summed E-state index contributed by atoms with van der Waals surface area (Å²) in [4.78, 5) is 14.1. The van der Waals surface area contributed by atoms with Gasteiger partial charge in [0.25, 0.3) is 0 Å². The molecule has 0 saturated heterocycles. The lowest BCUT2D eigenvalue weighted by Gasteiger charge is -2.14. The van der Waals surface area contributed by atoms with Gasteiger partial charge in [0.05, 0.1) is 0 Å². The number of pyridine rings is 1. The number of nitrogens with one attached hydrogen (secondary N) is 1. The molecule has 0 spiro atoms. The second kappa shape index (κ2) is 6.20. The molecule has 2 heterocycles. The Morgan fingerprint density at radius 1 is 1.14 bits per heavy atom. The van der Waals surface area contributed by atoms with Crippen LogP contribution in [0.4, 0.5) is 5.82 Å². The Labute approximate surface area is 126 Å². The van der Waals surface area contributed by atoms with Gasteiger partial charge in [0.15, 0.2) is 5.82 Å². The van der Waals surface area contributed by atoms with Crippen LogP contribution in [0.2, 0.25) is 0 Å². The highest BCUT2D eigenvalue weighted by atomic mass is 15.0. The summed E-state index contributed by atoms with van der Waals surface area (Å²) in [6, 6.07) is 4.01. The van der Waals surface area contributed by atoms with E-state index < -0.39 is 0 Å². The van der Waals surface area contributed by atoms with Gasteiger partial charge in [-0.05, 0) is 51.2 Å². The Bertz CT molecular complexity index is 637. The van der Waals surface area contributed by atoms with E-state index in [1.807, 2.05) is 12.3 Å². The molecular weight excluding hydrogens is 260 g/mol. The van der Waals surface area contributed by atoms with Crippen molar-refractivity contribution in [2.75, 3.05) is 11.9 Å². The summed E-state index contributed by atoms with van der Waals surface area (Å²) in [5, 5.41) is 3.41. The number of aryl methyl sites for hydroxylation is 2. The van der Waals surface area contributed by atoms with Crippen molar-refractivity contribution in [2.24, 2.45) is 0 Å². The van der Waals surface area contributed by atoms with E-state index in [1.54, 1.807) is 0 Å². The maximum Gasteiger partial charge on any atom is 0.180 e. The monoisotopic (exact) mass is 282 g/mol. The van der Waals surface area contributed by atoms with Crippen LogP contribution in [0.25, 0.3) is 11.5 Å². The molecule has 2 aromatic heterocycles. The normalized spacial score (nSPS) is 14.4. The maximum atomic E-state index is 4.83. The third-order valence-electron chi connectivity index (χ3n) is 4.00. The van der Waals surface area contributed by atoms with E-state index in [2.05, 4.69) is 30.2 Å². The predicted molar refractivity (Wildman–Crippen MR) is 85.4 cm³/mol. The predicted octanol–water partition coefficient (Wildman–Crippen LogP) is 3.55. The SMILES string of the molecule is CCNc1nc(-c2ncccc2C)nc2c1CCCCC2. The molecule has 0 unspecified atom stereocenters. The topological polar surface area (TPSA) is 50.7 Å². The van der Waals surface area contributed by atoms with Gasteiger partial charge in [0, 0.05) is 24.0 Å². The van der Waals surface area contributed by atoms with Crippen LogP contribution in [0.3, 0.4) is 0 Å². The molecule has 21 heavy (non-hydrogen) atoms. The zero-order valence-corrected chi connectivity index (χ0v) is 12.8. The minimum atomic E-state index is 0.754. The molecular formula is C17H22N4. The molecule has 2 aromatic rings. The molecule has 3 rings (SSSR count). The first kappa shape index (κ1) is 14.0. The second-order valence-electron chi connectivity index (χ2n) is 5.58. The Morgan fingerprint density at radius 3 is 2.81 bits per heavy atom. The van der Waals surface area contributed by atoms with Gasteiger partial charge in [-0.15, -0.1) is 0 Å². The molecule has 1 aliphatic rings. The number of rotatable bonds is 3. The molecule has 1 aliphatic carbocycles. The molecule has 0 saturated carbocycles. The van der Waals surface area contributed by atoms with Gasteiger partial charge in [-0.3, -0.25) is 4.98 Å². The fourth-order valence-corrected chi connectivity index (χ4v) is 2.91. The van der Waals surface area contributed by atoms with Gasteiger partial charge in [-0.2, -0.15) is 0 Å². The van der Waals surface area contributed by atoms with Crippen molar-refractivity contribution < 1.29 is 0 Å². The molecule has 0 aromatic carbocycles. The summed E-state index contributed by atoms with van der Waals surface area (Å²) in [5.41, 5.74) is 4.53. The zero-order valence-electron chi connectivity index (χ0n) is 12.8. The molecule has 0 atom stereocenters. The van der Waals surface area contributed by atoms with Crippen molar-refractivity contribution in [3.05, 3.63) is 35.2 Å². The van der Waals surface area contributed by atoms with E-state index in [4.69, 9.17) is 9.97 Å². The summed E-state index contributed by atoms with van der Waals surface area (Å²) in [7, 11) is 0. The number of anilines is 1. The van der Waals surface area contributed by atoms with E-state index in [1.165, 1.54) is 30.5 Å². The average Bonchev–Trinajstić information content (AvgIpc) is 2.73. The lowest BCUT2D eigenvalue weighted by Crippen LogP contribution is -2.10. The summed E-state index contributed by atoms with van der Waals surface area (Å²) >= 11 is 0. The van der Waals surface area contributed by atoms with Crippen molar-refractivity contribution in [1.29, 1.82) is 0 Å². The molecule has 0 bridgehead atoms. The average molecular weight is 282 g/mol. The Balaban J connectivity index is 2.12. The van der Waals surface area contributed by atoms with Crippen LogP contribution >= 0.6 is 0 Å². The number of hydrogen-bond donors (Lipinski definition) is 1. The van der Waals surface area contributed by atoms with Gasteiger partial charge in [0.1, 0.15) is 11.5 Å². The zero-order chi connectivity index (χ0) is 14.7. The summed E-state index contributed by atoms with van der Waals surface area (Å²) in [5.74, 6) is 1.76. The van der Waals surface area contributed by atoms with Gasteiger partial charge in [-0.1, -0.05) is 12.5 Å². The van der Waals surface area contributed by atoms with E-state index in [-0.39, 0.29) is 0 Å². The lowest BCUT2D eigenvalue weighted by molar-refractivity contribution is 0.709. The fraction of sp³-hybridized carbons (Fsp3) is 0.471. The smallest absolute Gasteiger partial charge is 0.180 e. The molecule has 110 valence electrons. The van der Waals surface area contributed by atoms with Crippen molar-refractivity contribution >= 4 is 5.82 Å². The molecule has 0 fully saturated rings. The van der Waals surface area contributed by atoms with E-state index in [0.29, 0.717) is 0 Å². The van der Waals surface area contributed by atoms with E-state index in [9.17, 15) is 0 Å². The van der Waals surface area contributed by atoms with Gasteiger partial charge < -0.3 is 5.32 Å². The first-order valence-electron chi connectivity index (χ1n) is 7.85. The summed E-state index contributed by atoms with van der Waals surface area (Å²) in [6.45, 7) is 5.05. The largest absolute Gasteiger partial charge is 0.370 e. The molecule has 0 amide bonds. The van der Waals surface area contributed by atoms with Gasteiger partial charge >= 0.3 is 0 Å². The lowest BCUT2D eigenvalue weighted by atomic mass is 10.1. The molecule has 1 N–H and O–H groups in total. The van der Waals surface area contributed by atoms with Crippen LogP contribution in [0, 0.1) is 6.92 Å². The number of nitrogens with zero attached hydrogens (tertiary/aromatic N) is 3. The second-order valence-corrected chi connectivity index (χ2v) is 5.58. The summed E-state index contributed by atoms with van der Waals surface area (Å²) in [6.07, 6.45) is 7.67. The van der Waals surface area contributed by atoms with Crippen molar-refractivity contribution in [3.8, 4) is 11.5 Å². The first-order chi connectivity index (χ1) is 10.3. The van der Waals surface area contributed by atoms with Crippen LogP contribution in [0.5, 0.6) is 0 Å². The quantitative estimate of drug-likeness (QED) is 0.875. The molecule has 0 radical (unpaired) electrons. The van der Waals surface area contributed by atoms with Crippen molar-refractivity contribution in [3.63, 3.8) is 0 Å². The fourth-order valence-electron chi connectivity index (χ4n) is 2.91. The standard InChI is InChI=1S/C17H22N4/c1-3-18-16-13-9-5-4-6-10-14(13)20-17(21-16)15-12(2)8-7-11-19-15/h7-8,11H,3-6,9-10H2,1-2H3,(H,18,20,21). The highest BCUT2D eigenvalue weighted by molar-refractivity contribution is 5.59. The van der Waals surface area contributed by atoms with E-state index in [0.717, 1.165) is 42.3 Å². The summed E-state index contributed by atoms with van der Waals surface area (Å²) < 4.78 is 0. The number of aromatic nitrogens is 3. The van der Waals surface area contributed by atoms with Crippen LogP contribution in [-0.2, 0) is 12.8 Å². The van der Waals surface area contributed by atoms with Crippen LogP contribution in [0.15, 0.2) is 18.3 Å². The van der Waals surface area contributed by atoms with Gasteiger partial charge in [-0.25, -0.2) is 9.97 Å². The molecule has 4 nitrogen and oxygen atoms in total. The first-order valence-corrected chi connectivity index (χ1v) is 7.85. The highest BCUT2D eigenvalue weighted by Crippen LogP contribution is 2.28. The Kier molecular flexibility index (Phi) is 4.13. The minimum absolute atomic E-state index is 0.754. The van der Waals surface area contributed by atoms with Crippen LogP contribution in [-0.4, -0.2) is 21.5 Å². The van der Waals surface area contributed by atoms with Crippen molar-refractivity contribution in [2.45, 2.75) is 46.0 Å². The Hall–Kier alpha value is -1.97. The third kappa shape index (κ3) is 2.89. The number of fused-ring (bicyclic) bond motifs is 1. The van der Waals surface area contributed by atoms with Gasteiger partial charge in [0.2, 0.25) is 0 Å². The maximum absolute atomic E-state index is 4.83. The Morgan fingerprint density at radius 2 is 2.00 bits per heavy atom. The minimum Gasteiger partial charge on any atom is -0.370 e. The number of hydrogen-bond acceptors (Lipinski definition) is 4. The van der Waals surface area contributed by atoms with Crippen LogP contribution in [0.1, 0.15) is 43.0 Å². The van der Waals surface area contributed by atoms with Crippen molar-refractivity contribution in [1.82, 2.24) is 15.0 Å². The molecule has 0 aliphatic heterocycles. The third-order valence-corrected chi connectivity index (χ3v) is 4.00. The highest BCUT2D eigenvalue weighted by Gasteiger charge is 2.18. The van der Waals surface area contributed by atoms with Crippen LogP contribution < -0.4 is 5.32 Å². The van der Waals surface area contributed by atoms with E-state index >= 15 is 0 Å².